The zero-order chi connectivity index (χ0) is 13.6. The van der Waals surface area contributed by atoms with E-state index in [2.05, 4.69) is 23.4 Å². The number of imidazole rings is 1. The number of rotatable bonds is 1. The molecule has 19 heavy (non-hydrogen) atoms. The van der Waals surface area contributed by atoms with Gasteiger partial charge >= 0.3 is 0 Å². The highest BCUT2D eigenvalue weighted by atomic mass is 35.5. The molecule has 1 heterocycles. The van der Waals surface area contributed by atoms with Gasteiger partial charge in [-0.05, 0) is 49.3 Å². The second-order valence-corrected chi connectivity index (χ2v) is 6.37. The smallest absolute Gasteiger partial charge is 0.201 e. The van der Waals surface area contributed by atoms with Gasteiger partial charge < -0.3 is 10.3 Å². The largest absolute Gasteiger partial charge is 0.369 e. The Bertz CT molecular complexity index is 605. The fraction of sp³-hybridized carbons (Fsp3) is 0.533. The molecule has 0 saturated heterocycles. The molecule has 102 valence electrons. The third kappa shape index (κ3) is 2.20. The van der Waals surface area contributed by atoms with Crippen LogP contribution >= 0.6 is 11.6 Å². The Labute approximate surface area is 118 Å². The zero-order valence-corrected chi connectivity index (χ0v) is 12.2. The van der Waals surface area contributed by atoms with Crippen molar-refractivity contribution >= 4 is 28.6 Å². The second kappa shape index (κ2) is 4.71. The van der Waals surface area contributed by atoms with Gasteiger partial charge in [-0.1, -0.05) is 25.4 Å². The normalized spacial score (nSPS) is 27.8. The molecule has 0 bridgehead atoms. The predicted molar refractivity (Wildman–Crippen MR) is 80.4 cm³/mol. The summed E-state index contributed by atoms with van der Waals surface area (Å²) in [5.74, 6) is 2.07. The van der Waals surface area contributed by atoms with Crippen LogP contribution in [0.4, 0.5) is 5.95 Å². The lowest BCUT2D eigenvalue weighted by atomic mass is 9.79. The van der Waals surface area contributed by atoms with Gasteiger partial charge in [0.15, 0.2) is 0 Å². The number of nitrogen functional groups attached to an aromatic ring is 1. The minimum absolute atomic E-state index is 0.461. The maximum Gasteiger partial charge on any atom is 0.201 e. The molecule has 1 saturated carbocycles. The Morgan fingerprint density at radius 3 is 2.84 bits per heavy atom. The first-order valence-electron chi connectivity index (χ1n) is 6.99. The third-order valence-electron chi connectivity index (χ3n) is 4.40. The second-order valence-electron chi connectivity index (χ2n) is 5.94. The lowest BCUT2D eigenvalue weighted by Crippen LogP contribution is -2.25. The first kappa shape index (κ1) is 12.8. The minimum atomic E-state index is 0.461. The van der Waals surface area contributed by atoms with Crippen LogP contribution in [0.1, 0.15) is 39.2 Å². The Balaban J connectivity index is 2.07. The van der Waals surface area contributed by atoms with Crippen molar-refractivity contribution in [2.45, 2.75) is 39.2 Å². The molecule has 4 heteroatoms. The van der Waals surface area contributed by atoms with E-state index < -0.39 is 0 Å². The number of nitrogens with two attached hydrogens (primary N) is 1. The summed E-state index contributed by atoms with van der Waals surface area (Å²) in [5.41, 5.74) is 8.14. The highest BCUT2D eigenvalue weighted by Gasteiger charge is 2.29. The fourth-order valence-electron chi connectivity index (χ4n) is 3.47. The van der Waals surface area contributed by atoms with Gasteiger partial charge in [-0.25, -0.2) is 4.98 Å². The molecule has 2 aromatic rings. The summed E-state index contributed by atoms with van der Waals surface area (Å²) in [7, 11) is 0. The van der Waals surface area contributed by atoms with Gasteiger partial charge in [-0.15, -0.1) is 0 Å². The van der Waals surface area contributed by atoms with Crippen molar-refractivity contribution < 1.29 is 0 Å². The molecule has 3 atom stereocenters. The van der Waals surface area contributed by atoms with E-state index in [1.807, 2.05) is 18.2 Å². The van der Waals surface area contributed by atoms with Crippen LogP contribution in [-0.2, 0) is 0 Å². The van der Waals surface area contributed by atoms with Crippen LogP contribution < -0.4 is 5.73 Å². The zero-order valence-electron chi connectivity index (χ0n) is 11.4. The SMILES string of the molecule is CC1CCC(n2c(N)nc3cc(Cl)ccc32)C(C)C1. The van der Waals surface area contributed by atoms with Crippen LogP contribution in [0.3, 0.4) is 0 Å². The van der Waals surface area contributed by atoms with Crippen LogP contribution in [-0.4, -0.2) is 9.55 Å². The molecule has 3 nitrogen and oxygen atoms in total. The van der Waals surface area contributed by atoms with Gasteiger partial charge in [0.05, 0.1) is 11.0 Å². The summed E-state index contributed by atoms with van der Waals surface area (Å²) in [6, 6.07) is 6.30. The number of benzene rings is 1. The number of anilines is 1. The predicted octanol–water partition coefficient (Wildman–Crippen LogP) is 4.27. The van der Waals surface area contributed by atoms with E-state index in [1.54, 1.807) is 0 Å². The Kier molecular flexibility index (Phi) is 3.17. The molecule has 3 rings (SSSR count). The van der Waals surface area contributed by atoms with Crippen molar-refractivity contribution in [3.63, 3.8) is 0 Å². The van der Waals surface area contributed by atoms with Crippen molar-refractivity contribution in [3.05, 3.63) is 23.2 Å². The molecule has 3 unspecified atom stereocenters. The molecular weight excluding hydrogens is 258 g/mol. The summed E-state index contributed by atoms with van der Waals surface area (Å²) in [4.78, 5) is 4.46. The van der Waals surface area contributed by atoms with E-state index in [0.717, 1.165) is 17.0 Å². The van der Waals surface area contributed by atoms with Gasteiger partial charge in [0, 0.05) is 11.1 Å². The summed E-state index contributed by atoms with van der Waals surface area (Å²) in [6.07, 6.45) is 3.71. The van der Waals surface area contributed by atoms with E-state index in [-0.39, 0.29) is 0 Å². The maximum absolute atomic E-state index is 6.14. The lowest BCUT2D eigenvalue weighted by Gasteiger charge is -2.34. The first-order chi connectivity index (χ1) is 9.06. The van der Waals surface area contributed by atoms with Gasteiger partial charge in [0.2, 0.25) is 5.95 Å². The number of hydrogen-bond donors (Lipinski definition) is 1. The molecule has 2 N–H and O–H groups in total. The van der Waals surface area contributed by atoms with Gasteiger partial charge in [0.1, 0.15) is 0 Å². The molecule has 1 aromatic carbocycles. The molecule has 1 aliphatic rings. The summed E-state index contributed by atoms with van der Waals surface area (Å²) in [6.45, 7) is 4.66. The quantitative estimate of drug-likeness (QED) is 0.846. The number of halogens is 1. The van der Waals surface area contributed by atoms with E-state index in [9.17, 15) is 0 Å². The van der Waals surface area contributed by atoms with E-state index in [4.69, 9.17) is 17.3 Å². The van der Waals surface area contributed by atoms with Crippen LogP contribution in [0.2, 0.25) is 5.02 Å². The topological polar surface area (TPSA) is 43.8 Å². The molecule has 0 aliphatic heterocycles. The van der Waals surface area contributed by atoms with Crippen LogP contribution in [0, 0.1) is 11.8 Å². The van der Waals surface area contributed by atoms with Crippen molar-refractivity contribution in [2.24, 2.45) is 11.8 Å². The minimum Gasteiger partial charge on any atom is -0.369 e. The number of hydrogen-bond acceptors (Lipinski definition) is 2. The van der Waals surface area contributed by atoms with Crippen LogP contribution in [0.15, 0.2) is 18.2 Å². The highest BCUT2D eigenvalue weighted by Crippen LogP contribution is 2.39. The standard InChI is InChI=1S/C15H20ClN3/c1-9-3-5-13(10(2)7-9)19-14-6-4-11(16)8-12(14)18-15(19)17/h4,6,8-10,13H,3,5,7H2,1-2H3,(H2,17,18). The molecule has 0 spiro atoms. The molecular formula is C15H20ClN3. The summed E-state index contributed by atoms with van der Waals surface area (Å²) >= 11 is 6.02. The van der Waals surface area contributed by atoms with Gasteiger partial charge in [-0.3, -0.25) is 0 Å². The molecule has 0 radical (unpaired) electrons. The first-order valence-corrected chi connectivity index (χ1v) is 7.37. The summed E-state index contributed by atoms with van der Waals surface area (Å²) in [5, 5.41) is 0.711. The van der Waals surface area contributed by atoms with E-state index in [1.165, 1.54) is 19.3 Å². The average Bonchev–Trinajstić information content (AvgIpc) is 2.65. The Morgan fingerprint density at radius 1 is 1.32 bits per heavy atom. The van der Waals surface area contributed by atoms with Crippen molar-refractivity contribution in [3.8, 4) is 0 Å². The lowest BCUT2D eigenvalue weighted by molar-refractivity contribution is 0.213. The molecule has 1 aromatic heterocycles. The van der Waals surface area contributed by atoms with Crippen LogP contribution in [0.25, 0.3) is 11.0 Å². The maximum atomic E-state index is 6.14. The van der Waals surface area contributed by atoms with Crippen LogP contribution in [0.5, 0.6) is 0 Å². The van der Waals surface area contributed by atoms with Crippen molar-refractivity contribution in [1.29, 1.82) is 0 Å². The van der Waals surface area contributed by atoms with E-state index in [0.29, 0.717) is 22.9 Å². The van der Waals surface area contributed by atoms with Gasteiger partial charge in [0.25, 0.3) is 0 Å². The third-order valence-corrected chi connectivity index (χ3v) is 4.63. The number of aromatic nitrogens is 2. The molecule has 1 fully saturated rings. The summed E-state index contributed by atoms with van der Waals surface area (Å²) < 4.78 is 2.21. The Hall–Kier alpha value is -1.22. The molecule has 0 amide bonds. The molecule has 1 aliphatic carbocycles. The fourth-order valence-corrected chi connectivity index (χ4v) is 3.64. The van der Waals surface area contributed by atoms with Gasteiger partial charge in [-0.2, -0.15) is 0 Å². The van der Waals surface area contributed by atoms with Crippen molar-refractivity contribution in [1.82, 2.24) is 9.55 Å². The highest BCUT2D eigenvalue weighted by molar-refractivity contribution is 6.31. The van der Waals surface area contributed by atoms with E-state index >= 15 is 0 Å². The average molecular weight is 278 g/mol. The Morgan fingerprint density at radius 2 is 2.11 bits per heavy atom. The number of fused-ring (bicyclic) bond motifs is 1. The number of nitrogens with zero attached hydrogens (tertiary/aromatic N) is 2. The monoisotopic (exact) mass is 277 g/mol. The van der Waals surface area contributed by atoms with Crippen molar-refractivity contribution in [2.75, 3.05) is 5.73 Å².